The monoisotopic (exact) mass is 329 g/mol. The fraction of sp³-hybridized carbons (Fsp3) is 0.471. The Morgan fingerprint density at radius 3 is 3.17 bits per heavy atom. The molecule has 4 unspecified atom stereocenters. The Bertz CT molecular complexity index is 823. The molecule has 3 fully saturated rings. The summed E-state index contributed by atoms with van der Waals surface area (Å²) in [5, 5.41) is 7.07. The van der Waals surface area contributed by atoms with Crippen LogP contribution in [0.5, 0.6) is 5.75 Å². The summed E-state index contributed by atoms with van der Waals surface area (Å²) < 4.78 is 24.1. The zero-order chi connectivity index (χ0) is 16.3. The number of aromatic nitrogens is 2. The van der Waals surface area contributed by atoms with Crippen LogP contribution in [0.3, 0.4) is 0 Å². The highest BCUT2D eigenvalue weighted by atomic mass is 19.1. The molecule has 1 aromatic heterocycles. The maximum absolute atomic E-state index is 13.2. The predicted molar refractivity (Wildman–Crippen MR) is 79.2 cm³/mol. The van der Waals surface area contributed by atoms with Gasteiger partial charge in [0.1, 0.15) is 17.1 Å². The van der Waals surface area contributed by atoms with Crippen molar-refractivity contribution in [2.45, 2.75) is 31.4 Å². The van der Waals surface area contributed by atoms with Crippen molar-refractivity contribution in [1.82, 2.24) is 15.5 Å². The Morgan fingerprint density at radius 2 is 2.33 bits per heavy atom. The van der Waals surface area contributed by atoms with Crippen molar-refractivity contribution < 1.29 is 18.4 Å². The van der Waals surface area contributed by atoms with Crippen molar-refractivity contribution in [2.24, 2.45) is 17.8 Å². The first-order valence-electron chi connectivity index (χ1n) is 8.17. The molecule has 1 N–H and O–H groups in total. The molecular weight excluding hydrogens is 313 g/mol. The molecule has 24 heavy (non-hydrogen) atoms. The van der Waals surface area contributed by atoms with Gasteiger partial charge >= 0.3 is 0 Å². The number of rotatable bonds is 4. The van der Waals surface area contributed by atoms with Crippen molar-refractivity contribution in [2.75, 3.05) is 0 Å². The van der Waals surface area contributed by atoms with Crippen LogP contribution in [-0.2, 0) is 16.9 Å². The van der Waals surface area contributed by atoms with E-state index < -0.39 is 5.54 Å². The van der Waals surface area contributed by atoms with Gasteiger partial charge in [-0.05, 0) is 37.3 Å². The largest absolute Gasteiger partial charge is 0.485 e. The molecule has 2 saturated carbocycles. The highest BCUT2D eigenvalue weighted by Crippen LogP contribution is 2.61. The van der Waals surface area contributed by atoms with Gasteiger partial charge in [0.2, 0.25) is 11.7 Å². The van der Waals surface area contributed by atoms with Gasteiger partial charge in [-0.3, -0.25) is 4.79 Å². The third-order valence-corrected chi connectivity index (χ3v) is 5.60. The van der Waals surface area contributed by atoms with Gasteiger partial charge in [-0.1, -0.05) is 11.2 Å². The lowest BCUT2D eigenvalue weighted by Crippen LogP contribution is -2.41. The second kappa shape index (κ2) is 4.78. The van der Waals surface area contributed by atoms with Crippen LogP contribution in [0.25, 0.3) is 0 Å². The van der Waals surface area contributed by atoms with Crippen molar-refractivity contribution in [1.29, 1.82) is 0 Å². The minimum atomic E-state index is -0.491. The number of hydrogen-bond acceptors (Lipinski definition) is 5. The zero-order valence-electron chi connectivity index (χ0n) is 12.9. The van der Waals surface area contributed by atoms with E-state index in [1.54, 1.807) is 12.1 Å². The standard InChI is InChI=1S/C17H16FN3O3/c18-10-2-1-3-11(6-10)23-8-14-19-16(24-21-14)17-7-9-4-12(13(17)5-9)15(22)20-17/h1-3,6,9,12-13H,4-5,7-8H2,(H,20,22). The second-order valence-electron chi connectivity index (χ2n) is 6.98. The van der Waals surface area contributed by atoms with E-state index in [9.17, 15) is 9.18 Å². The molecular formula is C17H16FN3O3. The minimum absolute atomic E-state index is 0.0858. The number of fused-ring (bicyclic) bond motifs is 1. The van der Waals surface area contributed by atoms with E-state index in [1.165, 1.54) is 12.1 Å². The second-order valence-corrected chi connectivity index (χ2v) is 6.98. The Labute approximate surface area is 137 Å². The van der Waals surface area contributed by atoms with Gasteiger partial charge in [0.15, 0.2) is 6.61 Å². The number of hydrogen-bond donors (Lipinski definition) is 1. The van der Waals surface area contributed by atoms with E-state index in [1.807, 2.05) is 0 Å². The summed E-state index contributed by atoms with van der Waals surface area (Å²) in [6, 6.07) is 5.90. The maximum atomic E-state index is 13.2. The van der Waals surface area contributed by atoms with E-state index in [0.29, 0.717) is 23.4 Å². The van der Waals surface area contributed by atoms with Crippen LogP contribution in [0.15, 0.2) is 28.8 Å². The summed E-state index contributed by atoms with van der Waals surface area (Å²) in [5.41, 5.74) is -0.491. The average Bonchev–Trinajstić information content (AvgIpc) is 3.28. The van der Waals surface area contributed by atoms with Crippen LogP contribution in [-0.4, -0.2) is 16.0 Å². The Balaban J connectivity index is 1.36. The molecule has 5 rings (SSSR count). The molecule has 6 nitrogen and oxygen atoms in total. The van der Waals surface area contributed by atoms with Gasteiger partial charge in [0, 0.05) is 17.9 Å². The van der Waals surface area contributed by atoms with E-state index in [2.05, 4.69) is 15.5 Å². The van der Waals surface area contributed by atoms with Crippen LogP contribution >= 0.6 is 0 Å². The predicted octanol–water partition coefficient (Wildman–Crippen LogP) is 2.16. The number of ether oxygens (including phenoxy) is 1. The van der Waals surface area contributed by atoms with Crippen LogP contribution in [0.2, 0.25) is 0 Å². The molecule has 3 aliphatic rings. The lowest BCUT2D eigenvalue weighted by Gasteiger charge is -2.27. The van der Waals surface area contributed by atoms with Crippen molar-refractivity contribution in [3.05, 3.63) is 41.8 Å². The summed E-state index contributed by atoms with van der Waals surface area (Å²) in [6.07, 6.45) is 2.88. The Hall–Kier alpha value is -2.44. The number of halogens is 1. The summed E-state index contributed by atoms with van der Waals surface area (Å²) >= 11 is 0. The molecule has 1 saturated heterocycles. The number of amides is 1. The quantitative estimate of drug-likeness (QED) is 0.930. The third kappa shape index (κ3) is 1.90. The summed E-state index contributed by atoms with van der Waals surface area (Å²) in [4.78, 5) is 16.6. The summed E-state index contributed by atoms with van der Waals surface area (Å²) in [6.45, 7) is 0.0918. The lowest BCUT2D eigenvalue weighted by molar-refractivity contribution is -0.122. The minimum Gasteiger partial charge on any atom is -0.485 e. The van der Waals surface area contributed by atoms with Crippen molar-refractivity contribution in [3.63, 3.8) is 0 Å². The first-order valence-corrected chi connectivity index (χ1v) is 8.17. The molecule has 1 aliphatic heterocycles. The number of nitrogens with zero attached hydrogens (tertiary/aromatic N) is 2. The number of benzene rings is 1. The first-order chi connectivity index (χ1) is 11.6. The third-order valence-electron chi connectivity index (χ3n) is 5.60. The fourth-order valence-corrected chi connectivity index (χ4v) is 4.70. The number of carbonyl (C=O) groups excluding carboxylic acids is 1. The smallest absolute Gasteiger partial charge is 0.252 e. The zero-order valence-corrected chi connectivity index (χ0v) is 12.9. The highest BCUT2D eigenvalue weighted by molar-refractivity contribution is 5.84. The molecule has 124 valence electrons. The molecule has 2 heterocycles. The number of carbonyl (C=O) groups is 1. The molecule has 0 spiro atoms. The van der Waals surface area contributed by atoms with Gasteiger partial charge in [0.05, 0.1) is 0 Å². The topological polar surface area (TPSA) is 77.2 Å². The SMILES string of the molecule is O=C1NC2(c3nc(COc4cccc(F)c4)no3)CC3CC1C2C3. The van der Waals surface area contributed by atoms with Crippen LogP contribution in [0.4, 0.5) is 4.39 Å². The summed E-state index contributed by atoms with van der Waals surface area (Å²) in [5.74, 6) is 1.92. The molecule has 2 aliphatic carbocycles. The van der Waals surface area contributed by atoms with Crippen molar-refractivity contribution in [3.8, 4) is 5.75 Å². The highest BCUT2D eigenvalue weighted by Gasteiger charge is 2.66. The van der Waals surface area contributed by atoms with E-state index in [4.69, 9.17) is 9.26 Å². The van der Waals surface area contributed by atoms with Gasteiger partial charge in [-0.15, -0.1) is 0 Å². The van der Waals surface area contributed by atoms with Gasteiger partial charge in [0.25, 0.3) is 5.89 Å². The lowest BCUT2D eigenvalue weighted by atomic mass is 9.79. The van der Waals surface area contributed by atoms with Crippen LogP contribution < -0.4 is 10.1 Å². The van der Waals surface area contributed by atoms with Gasteiger partial charge in [-0.25, -0.2) is 4.39 Å². The molecule has 0 radical (unpaired) electrons. The normalized spacial score (nSPS) is 33.0. The average molecular weight is 329 g/mol. The van der Waals surface area contributed by atoms with Crippen LogP contribution in [0.1, 0.15) is 31.0 Å². The molecule has 4 atom stereocenters. The molecule has 7 heteroatoms. The van der Waals surface area contributed by atoms with E-state index in [-0.39, 0.29) is 30.2 Å². The van der Waals surface area contributed by atoms with E-state index >= 15 is 0 Å². The fourth-order valence-electron chi connectivity index (χ4n) is 4.70. The van der Waals surface area contributed by atoms with Gasteiger partial charge < -0.3 is 14.6 Å². The summed E-state index contributed by atoms with van der Waals surface area (Å²) in [7, 11) is 0. The molecule has 2 bridgehead atoms. The number of nitrogens with one attached hydrogen (secondary N) is 1. The van der Waals surface area contributed by atoms with E-state index in [0.717, 1.165) is 19.3 Å². The van der Waals surface area contributed by atoms with Gasteiger partial charge in [-0.2, -0.15) is 4.98 Å². The molecule has 2 aromatic rings. The first kappa shape index (κ1) is 13.9. The maximum Gasteiger partial charge on any atom is 0.252 e. The molecule has 1 amide bonds. The Kier molecular flexibility index (Phi) is 2.78. The van der Waals surface area contributed by atoms with Crippen LogP contribution in [0, 0.1) is 23.6 Å². The molecule has 1 aromatic carbocycles. The Morgan fingerprint density at radius 1 is 1.42 bits per heavy atom. The van der Waals surface area contributed by atoms with Crippen molar-refractivity contribution >= 4 is 5.91 Å².